The molecule has 2 rings (SSSR count). The average Bonchev–Trinajstić information content (AvgIpc) is 2.57. The van der Waals surface area contributed by atoms with Gasteiger partial charge in [-0.15, -0.1) is 0 Å². The number of halogens is 2. The van der Waals surface area contributed by atoms with Crippen molar-refractivity contribution in [2.75, 3.05) is 4.72 Å². The first-order valence-electron chi connectivity index (χ1n) is 7.29. The van der Waals surface area contributed by atoms with Gasteiger partial charge >= 0.3 is 0 Å². The van der Waals surface area contributed by atoms with E-state index in [4.69, 9.17) is 23.2 Å². The molecule has 0 atom stereocenters. The Morgan fingerprint density at radius 2 is 1.62 bits per heavy atom. The monoisotopic (exact) mass is 415 g/mol. The third kappa shape index (κ3) is 5.62. The van der Waals surface area contributed by atoms with E-state index in [9.17, 15) is 18.0 Å². The van der Waals surface area contributed by atoms with Gasteiger partial charge in [0.15, 0.2) is 0 Å². The number of rotatable bonds is 5. The van der Waals surface area contributed by atoms with Crippen molar-refractivity contribution < 1.29 is 18.0 Å². The highest BCUT2D eigenvalue weighted by Gasteiger charge is 2.15. The maximum Gasteiger partial charge on any atom is 0.261 e. The van der Waals surface area contributed by atoms with E-state index in [0.717, 1.165) is 0 Å². The molecule has 7 nitrogen and oxygen atoms in total. The molecule has 0 aliphatic carbocycles. The summed E-state index contributed by atoms with van der Waals surface area (Å²) in [4.78, 5) is 22.3. The zero-order chi connectivity index (χ0) is 19.3. The number of carbonyl (C=O) groups is 2. The Hall–Kier alpha value is -2.29. The molecule has 0 saturated heterocycles. The summed E-state index contributed by atoms with van der Waals surface area (Å²) in [6.07, 6.45) is 0.0279. The van der Waals surface area contributed by atoms with Crippen molar-refractivity contribution in [1.82, 2.24) is 10.9 Å². The molecular formula is C16H15Cl2N3O4S. The van der Waals surface area contributed by atoms with Crippen LogP contribution in [0.3, 0.4) is 0 Å². The van der Waals surface area contributed by atoms with Gasteiger partial charge in [-0.25, -0.2) is 8.42 Å². The second kappa shape index (κ2) is 8.39. The van der Waals surface area contributed by atoms with E-state index in [0.29, 0.717) is 11.3 Å². The van der Waals surface area contributed by atoms with Gasteiger partial charge in [-0.3, -0.25) is 25.2 Å². The molecule has 0 bridgehead atoms. The van der Waals surface area contributed by atoms with Crippen LogP contribution >= 0.6 is 23.2 Å². The molecule has 2 aromatic rings. The molecule has 0 aliphatic rings. The quantitative estimate of drug-likeness (QED) is 0.652. The molecule has 2 aromatic carbocycles. The van der Waals surface area contributed by atoms with Crippen molar-refractivity contribution in [3.05, 3.63) is 58.1 Å². The minimum absolute atomic E-state index is 0.0225. The molecule has 0 aliphatic heterocycles. The molecule has 3 N–H and O–H groups in total. The Labute approximate surface area is 160 Å². The van der Waals surface area contributed by atoms with E-state index >= 15 is 0 Å². The number of amides is 2. The number of anilines is 1. The molecule has 138 valence electrons. The summed E-state index contributed by atoms with van der Waals surface area (Å²) in [5.41, 5.74) is 5.39. The molecule has 0 saturated carbocycles. The van der Waals surface area contributed by atoms with E-state index < -0.39 is 15.9 Å². The lowest BCUT2D eigenvalue weighted by atomic mass is 10.1. The number of benzene rings is 2. The molecule has 0 unspecified atom stereocenters. The summed E-state index contributed by atoms with van der Waals surface area (Å²) < 4.78 is 27.1. The summed E-state index contributed by atoms with van der Waals surface area (Å²) in [7, 11) is -3.83. The lowest BCUT2D eigenvalue weighted by Gasteiger charge is -2.10. The SMILES string of the molecule is CC(=O)NNC(=O)Cc1ccc(NS(=O)(=O)c2ccc(Cl)c(Cl)c2)cc1. The van der Waals surface area contributed by atoms with E-state index in [2.05, 4.69) is 15.6 Å². The number of sulfonamides is 1. The fourth-order valence-electron chi connectivity index (χ4n) is 1.94. The average molecular weight is 416 g/mol. The van der Waals surface area contributed by atoms with Crippen molar-refractivity contribution in [2.45, 2.75) is 18.2 Å². The Bertz CT molecular complexity index is 931. The summed E-state index contributed by atoms with van der Waals surface area (Å²) >= 11 is 11.6. The molecule has 0 aromatic heterocycles. The van der Waals surface area contributed by atoms with Crippen molar-refractivity contribution in [3.8, 4) is 0 Å². The fourth-order valence-corrected chi connectivity index (χ4v) is 3.38. The van der Waals surface area contributed by atoms with Gasteiger partial charge in [-0.1, -0.05) is 35.3 Å². The summed E-state index contributed by atoms with van der Waals surface area (Å²) in [5.74, 6) is -0.783. The normalized spacial score (nSPS) is 10.9. The topological polar surface area (TPSA) is 104 Å². The van der Waals surface area contributed by atoms with Crippen LogP contribution < -0.4 is 15.6 Å². The molecule has 2 amide bonds. The molecule has 0 heterocycles. The number of hydrogen-bond donors (Lipinski definition) is 3. The molecule has 10 heteroatoms. The maximum atomic E-state index is 12.4. The highest BCUT2D eigenvalue weighted by molar-refractivity contribution is 7.92. The minimum atomic E-state index is -3.83. The predicted molar refractivity (Wildman–Crippen MR) is 99.4 cm³/mol. The Morgan fingerprint density at radius 1 is 0.962 bits per heavy atom. The first-order valence-corrected chi connectivity index (χ1v) is 9.53. The number of hydrazine groups is 1. The highest BCUT2D eigenvalue weighted by atomic mass is 35.5. The van der Waals surface area contributed by atoms with E-state index in [-0.39, 0.29) is 27.3 Å². The van der Waals surface area contributed by atoms with Crippen LogP contribution in [0.2, 0.25) is 10.0 Å². The Kier molecular flexibility index (Phi) is 6.47. The fraction of sp³-hybridized carbons (Fsp3) is 0.125. The number of hydrogen-bond acceptors (Lipinski definition) is 4. The predicted octanol–water partition coefficient (Wildman–Crippen LogP) is 2.50. The third-order valence-electron chi connectivity index (χ3n) is 3.15. The number of nitrogens with one attached hydrogen (secondary N) is 3. The second-order valence-corrected chi connectivity index (χ2v) is 7.78. The molecule has 0 spiro atoms. The van der Waals surface area contributed by atoms with Crippen LogP contribution in [0, 0.1) is 0 Å². The van der Waals surface area contributed by atoms with Crippen LogP contribution in [0.5, 0.6) is 0 Å². The van der Waals surface area contributed by atoms with Gasteiger partial charge < -0.3 is 0 Å². The van der Waals surface area contributed by atoms with Crippen molar-refractivity contribution in [2.24, 2.45) is 0 Å². The zero-order valence-electron chi connectivity index (χ0n) is 13.5. The standard InChI is InChI=1S/C16H15Cl2N3O4S/c1-10(22)19-20-16(23)8-11-2-4-12(5-3-11)21-26(24,25)13-6-7-14(17)15(18)9-13/h2-7,9,21H,8H2,1H3,(H,19,22)(H,20,23). The van der Waals surface area contributed by atoms with Gasteiger partial charge in [0, 0.05) is 12.6 Å². The Morgan fingerprint density at radius 3 is 2.19 bits per heavy atom. The van der Waals surface area contributed by atoms with Crippen LogP contribution in [0.4, 0.5) is 5.69 Å². The number of carbonyl (C=O) groups excluding carboxylic acids is 2. The lowest BCUT2D eigenvalue weighted by molar-refractivity contribution is -0.127. The van der Waals surface area contributed by atoms with Crippen LogP contribution in [0.25, 0.3) is 0 Å². The molecule has 26 heavy (non-hydrogen) atoms. The summed E-state index contributed by atoms with van der Waals surface area (Å²) in [6.45, 7) is 1.27. The first kappa shape index (κ1) is 20.0. The van der Waals surface area contributed by atoms with Gasteiger partial charge in [-0.05, 0) is 35.9 Å². The van der Waals surface area contributed by atoms with Crippen molar-refractivity contribution in [1.29, 1.82) is 0 Å². The lowest BCUT2D eigenvalue weighted by Crippen LogP contribution is -2.41. The van der Waals surface area contributed by atoms with Gasteiger partial charge in [0.2, 0.25) is 11.8 Å². The zero-order valence-corrected chi connectivity index (χ0v) is 15.9. The van der Waals surface area contributed by atoms with Crippen molar-refractivity contribution in [3.63, 3.8) is 0 Å². The summed E-state index contributed by atoms with van der Waals surface area (Å²) in [5, 5.41) is 0.391. The van der Waals surface area contributed by atoms with Gasteiger partial charge in [0.05, 0.1) is 21.4 Å². The van der Waals surface area contributed by atoms with Crippen LogP contribution in [0.15, 0.2) is 47.4 Å². The molecule has 0 fully saturated rings. The first-order chi connectivity index (χ1) is 12.2. The second-order valence-electron chi connectivity index (χ2n) is 5.28. The van der Waals surface area contributed by atoms with Gasteiger partial charge in [0.25, 0.3) is 10.0 Å². The highest BCUT2D eigenvalue weighted by Crippen LogP contribution is 2.26. The van der Waals surface area contributed by atoms with E-state index in [1.54, 1.807) is 12.1 Å². The minimum Gasteiger partial charge on any atom is -0.280 e. The van der Waals surface area contributed by atoms with E-state index in [1.165, 1.54) is 37.3 Å². The third-order valence-corrected chi connectivity index (χ3v) is 5.27. The molecule has 0 radical (unpaired) electrons. The van der Waals surface area contributed by atoms with Crippen LogP contribution in [0.1, 0.15) is 12.5 Å². The largest absolute Gasteiger partial charge is 0.280 e. The van der Waals surface area contributed by atoms with Crippen LogP contribution in [-0.2, 0) is 26.0 Å². The Balaban J connectivity index is 2.05. The smallest absolute Gasteiger partial charge is 0.261 e. The summed E-state index contributed by atoms with van der Waals surface area (Å²) in [6, 6.07) is 10.2. The van der Waals surface area contributed by atoms with Crippen LogP contribution in [-0.4, -0.2) is 20.2 Å². The van der Waals surface area contributed by atoms with Crippen molar-refractivity contribution >= 4 is 50.7 Å². The molecular weight excluding hydrogens is 401 g/mol. The maximum absolute atomic E-state index is 12.4. The van der Waals surface area contributed by atoms with Gasteiger partial charge in [-0.2, -0.15) is 0 Å². The van der Waals surface area contributed by atoms with Gasteiger partial charge in [0.1, 0.15) is 0 Å². The van der Waals surface area contributed by atoms with E-state index in [1.807, 2.05) is 0 Å².